The lowest BCUT2D eigenvalue weighted by molar-refractivity contribution is 1.22. The van der Waals surface area contributed by atoms with Crippen molar-refractivity contribution in [1.82, 2.24) is 0 Å². The Kier molecular flexibility index (Phi) is 22.1. The molecule has 0 heterocycles. The molecule has 12 N–H and O–H groups in total. The number of rotatable bonds is 0. The molecular weight excluding hydrogens is 190 g/mol. The maximum atomic E-state index is 7.18. The molecule has 0 saturated carbocycles. The highest BCUT2D eigenvalue weighted by Gasteiger charge is 1.60. The minimum atomic E-state index is 0.157. The highest BCUT2D eigenvalue weighted by molar-refractivity contribution is 7.85. The monoisotopic (exact) mass is 205 g/mol. The molecule has 0 aromatic heterocycles. The number of nitrogens with two attached hydrogens (primary N) is 6. The van der Waals surface area contributed by atoms with Crippen LogP contribution in [0.4, 0.5) is 0 Å². The molecule has 0 aliphatic rings. The molecule has 0 aliphatic heterocycles. The minimum Gasteiger partial charge on any atom is -0.402 e. The predicted octanol–water partition coefficient (Wildman–Crippen LogP) is -2.28. The molecule has 76 valence electrons. The quantitative estimate of drug-likeness (QED) is 0.172. The molecule has 0 unspecified atom stereocenters. The zero-order chi connectivity index (χ0) is 11.3. The van der Waals surface area contributed by atoms with E-state index in [9.17, 15) is 0 Å². The highest BCUT2D eigenvalue weighted by atomic mass is 32.1. The summed E-state index contributed by atoms with van der Waals surface area (Å²) in [6, 6.07) is 0. The molecule has 0 atom stereocenters. The lowest BCUT2D eigenvalue weighted by Gasteiger charge is -1.78. The van der Waals surface area contributed by atoms with Crippen molar-refractivity contribution in [2.75, 3.05) is 0 Å². The molecule has 0 bridgehead atoms. The van der Waals surface area contributed by atoms with E-state index in [1.54, 1.807) is 0 Å². The fourth-order valence-electron chi connectivity index (χ4n) is 0. The van der Waals surface area contributed by atoms with Crippen LogP contribution in [0, 0.1) is 10.7 Å². The van der Waals surface area contributed by atoms with Crippen molar-refractivity contribution in [1.29, 1.82) is 5.26 Å². The van der Waals surface area contributed by atoms with Crippen LogP contribution >= 0.6 is 12.6 Å². The Bertz CT molecular complexity index is 168. The summed E-state index contributed by atoms with van der Waals surface area (Å²) in [5.41, 5.74) is 28.7. The Labute approximate surface area is 82.4 Å². The molecule has 0 aliphatic carbocycles. The summed E-state index contributed by atoms with van der Waals surface area (Å²) in [5.74, 6) is 0.315. The van der Waals surface area contributed by atoms with Crippen LogP contribution in [0.25, 0.3) is 0 Å². The van der Waals surface area contributed by atoms with Crippen molar-refractivity contribution in [3.63, 3.8) is 0 Å². The van der Waals surface area contributed by atoms with E-state index in [0.717, 1.165) is 12.4 Å². The molecule has 0 aromatic carbocycles. The molecule has 0 amide bonds. The second-order valence-corrected chi connectivity index (χ2v) is 1.63. The molecule has 0 aromatic rings. The van der Waals surface area contributed by atoms with E-state index < -0.39 is 0 Å². The third kappa shape index (κ3) is 148. The van der Waals surface area contributed by atoms with Crippen LogP contribution < -0.4 is 34.4 Å². The van der Waals surface area contributed by atoms with E-state index >= 15 is 0 Å². The number of nitrogens with zero attached hydrogens (tertiary/aromatic N) is 1. The van der Waals surface area contributed by atoms with Gasteiger partial charge in [0.1, 0.15) is 17.0 Å². The molecule has 13 heavy (non-hydrogen) atoms. The van der Waals surface area contributed by atoms with Gasteiger partial charge in [-0.25, -0.2) is 0 Å². The van der Waals surface area contributed by atoms with Crippen LogP contribution in [0.2, 0.25) is 0 Å². The molecular formula is C5H15N7S. The highest BCUT2D eigenvalue weighted by Crippen LogP contribution is 1.49. The van der Waals surface area contributed by atoms with E-state index in [2.05, 4.69) is 12.6 Å². The minimum absolute atomic E-state index is 0.157. The summed E-state index contributed by atoms with van der Waals surface area (Å²) in [7, 11) is 0. The summed E-state index contributed by atoms with van der Waals surface area (Å²) in [4.78, 5) is 0. The molecule has 7 nitrogen and oxygen atoms in total. The van der Waals surface area contributed by atoms with Crippen LogP contribution in [0.5, 0.6) is 0 Å². The molecule has 8 heteroatoms. The van der Waals surface area contributed by atoms with Gasteiger partial charge < -0.3 is 34.4 Å². The van der Waals surface area contributed by atoms with Gasteiger partial charge in [0.15, 0.2) is 0 Å². The first-order valence-corrected chi connectivity index (χ1v) is 3.29. The largest absolute Gasteiger partial charge is 0.402 e. The van der Waals surface area contributed by atoms with Crippen LogP contribution in [-0.4, -0.2) is 0 Å². The number of thiocyanates is 1. The average molecular weight is 205 g/mol. The zero-order valence-electron chi connectivity index (χ0n) is 7.01. The summed E-state index contributed by atoms with van der Waals surface area (Å²) in [6.45, 7) is 0. The van der Waals surface area contributed by atoms with Gasteiger partial charge in [-0.3, -0.25) is 0 Å². The summed E-state index contributed by atoms with van der Waals surface area (Å²) in [6.07, 6.45) is 2.28. The van der Waals surface area contributed by atoms with Crippen molar-refractivity contribution in [3.05, 3.63) is 24.0 Å². The average Bonchev–Trinajstić information content (AvgIpc) is 2.07. The molecule has 0 saturated heterocycles. The SMILES string of the molecule is N#CS.NC=C(N)N.NC=C(N)N. The van der Waals surface area contributed by atoms with Crippen LogP contribution in [-0.2, 0) is 0 Å². The Morgan fingerprint density at radius 2 is 1.08 bits per heavy atom. The van der Waals surface area contributed by atoms with Crippen molar-refractivity contribution in [2.45, 2.75) is 0 Å². The summed E-state index contributed by atoms with van der Waals surface area (Å²) < 4.78 is 0. The van der Waals surface area contributed by atoms with Gasteiger partial charge in [0.05, 0.1) is 0 Å². The first-order chi connectivity index (χ1) is 5.95. The lowest BCUT2D eigenvalue weighted by atomic mass is 10.8. The predicted molar refractivity (Wildman–Crippen MR) is 55.9 cm³/mol. The van der Waals surface area contributed by atoms with Gasteiger partial charge >= 0.3 is 0 Å². The van der Waals surface area contributed by atoms with Crippen molar-refractivity contribution < 1.29 is 0 Å². The van der Waals surface area contributed by atoms with Gasteiger partial charge in [0, 0.05) is 12.4 Å². The van der Waals surface area contributed by atoms with Gasteiger partial charge in [-0.1, -0.05) is 12.6 Å². The van der Waals surface area contributed by atoms with Gasteiger partial charge in [-0.05, 0) is 0 Å². The van der Waals surface area contributed by atoms with Gasteiger partial charge in [0.25, 0.3) is 0 Å². The van der Waals surface area contributed by atoms with Crippen molar-refractivity contribution in [2.24, 2.45) is 34.4 Å². The lowest BCUT2D eigenvalue weighted by Crippen LogP contribution is -2.09. The van der Waals surface area contributed by atoms with Crippen LogP contribution in [0.3, 0.4) is 0 Å². The van der Waals surface area contributed by atoms with E-state index in [1.807, 2.05) is 0 Å². The first kappa shape index (κ1) is 17.3. The number of hydrogen-bond acceptors (Lipinski definition) is 8. The maximum Gasteiger partial charge on any atom is 0.130 e. The topological polar surface area (TPSA) is 180 Å². The van der Waals surface area contributed by atoms with Crippen molar-refractivity contribution >= 4 is 12.6 Å². The van der Waals surface area contributed by atoms with Crippen LogP contribution in [0.15, 0.2) is 24.0 Å². The smallest absolute Gasteiger partial charge is 0.130 e. The zero-order valence-corrected chi connectivity index (χ0v) is 7.91. The standard InChI is InChI=1S/2C2H7N3.CHNS/c2*3-1-2(4)5;2-1-3/h2*1H,3-5H2;3H. The summed E-state index contributed by atoms with van der Waals surface area (Å²) in [5, 5.41) is 8.63. The van der Waals surface area contributed by atoms with Gasteiger partial charge in [-0.2, -0.15) is 5.26 Å². The summed E-state index contributed by atoms with van der Waals surface area (Å²) >= 11 is 3.09. The van der Waals surface area contributed by atoms with E-state index in [4.69, 9.17) is 39.7 Å². The van der Waals surface area contributed by atoms with Gasteiger partial charge in [0.2, 0.25) is 0 Å². The fraction of sp³-hybridized carbons (Fsp3) is 0. The number of hydrogen-bond donors (Lipinski definition) is 7. The molecule has 0 fully saturated rings. The fourth-order valence-corrected chi connectivity index (χ4v) is 0. The van der Waals surface area contributed by atoms with Gasteiger partial charge in [-0.15, -0.1) is 0 Å². The molecule has 0 radical (unpaired) electrons. The van der Waals surface area contributed by atoms with Crippen LogP contribution in [0.1, 0.15) is 0 Å². The Hall–Kier alpha value is -1.88. The third-order valence-electron chi connectivity index (χ3n) is 0.385. The first-order valence-electron chi connectivity index (χ1n) is 2.85. The second kappa shape index (κ2) is 16.6. The Balaban J connectivity index is -0.000000120. The third-order valence-corrected chi connectivity index (χ3v) is 0.385. The Morgan fingerprint density at radius 1 is 1.00 bits per heavy atom. The van der Waals surface area contributed by atoms with E-state index in [0.29, 0.717) is 0 Å². The van der Waals surface area contributed by atoms with E-state index in [-0.39, 0.29) is 11.6 Å². The normalized spacial score (nSPS) is 5.54. The maximum absolute atomic E-state index is 7.18. The molecule has 0 rings (SSSR count). The number of nitriles is 1. The van der Waals surface area contributed by atoms with E-state index in [1.165, 1.54) is 5.40 Å². The molecule has 0 spiro atoms. The van der Waals surface area contributed by atoms with Crippen molar-refractivity contribution in [3.8, 4) is 5.40 Å². The number of thiol groups is 1. The Morgan fingerprint density at radius 3 is 1.08 bits per heavy atom. The second-order valence-electron chi connectivity index (χ2n) is 1.43.